The van der Waals surface area contributed by atoms with Gasteiger partial charge in [-0.1, -0.05) is 18.5 Å². The van der Waals surface area contributed by atoms with Gasteiger partial charge < -0.3 is 10.1 Å². The van der Waals surface area contributed by atoms with Crippen molar-refractivity contribution in [2.24, 2.45) is 0 Å². The minimum Gasteiger partial charge on any atom is -0.496 e. The first kappa shape index (κ1) is 14.7. The summed E-state index contributed by atoms with van der Waals surface area (Å²) in [7, 11) is 3.66. The molecule has 0 radical (unpaired) electrons. The Hall–Kier alpha value is -0.380. The molecule has 0 heterocycles. The van der Waals surface area contributed by atoms with Crippen molar-refractivity contribution in [2.45, 2.75) is 19.4 Å². The molecule has 1 aromatic carbocycles. The predicted octanol–water partition coefficient (Wildman–Crippen LogP) is 3.75. The van der Waals surface area contributed by atoms with Gasteiger partial charge in [0.05, 0.1) is 7.11 Å². The molecule has 1 rings (SSSR count). The Bertz CT molecular complexity index is 346. The van der Waals surface area contributed by atoms with E-state index in [2.05, 4.69) is 12.2 Å². The lowest BCUT2D eigenvalue weighted by molar-refractivity contribution is 0.404. The zero-order valence-corrected chi connectivity index (χ0v) is 12.2. The summed E-state index contributed by atoms with van der Waals surface area (Å²) in [6.45, 7) is 2.20. The fraction of sp³-hybridized carbons (Fsp3) is 0.538. The van der Waals surface area contributed by atoms with E-state index in [1.165, 1.54) is 12.2 Å². The van der Waals surface area contributed by atoms with Crippen LogP contribution in [0.15, 0.2) is 18.2 Å². The maximum Gasteiger partial charge on any atom is 0.123 e. The molecule has 0 aliphatic rings. The molecule has 0 aromatic heterocycles. The number of hydrogen-bond acceptors (Lipinski definition) is 3. The van der Waals surface area contributed by atoms with Gasteiger partial charge in [-0.3, -0.25) is 0 Å². The van der Waals surface area contributed by atoms with E-state index >= 15 is 0 Å². The third kappa shape index (κ3) is 4.41. The maximum absolute atomic E-state index is 6.05. The van der Waals surface area contributed by atoms with E-state index in [9.17, 15) is 0 Å². The van der Waals surface area contributed by atoms with Crippen molar-refractivity contribution >= 4 is 23.4 Å². The summed E-state index contributed by atoms with van der Waals surface area (Å²) in [6, 6.07) is 6.04. The molecule has 0 amide bonds. The largest absolute Gasteiger partial charge is 0.496 e. The van der Waals surface area contributed by atoms with Gasteiger partial charge in [-0.15, -0.1) is 0 Å². The molecule has 0 aliphatic heterocycles. The minimum absolute atomic E-state index is 0.278. The molecular formula is C13H20ClNOS. The van der Waals surface area contributed by atoms with Crippen LogP contribution in [0.1, 0.15) is 24.9 Å². The Kier molecular flexibility index (Phi) is 6.78. The summed E-state index contributed by atoms with van der Waals surface area (Å²) >= 11 is 7.99. The third-order valence-corrected chi connectivity index (χ3v) is 4.05. The van der Waals surface area contributed by atoms with Crippen LogP contribution in [0.25, 0.3) is 0 Å². The van der Waals surface area contributed by atoms with Gasteiger partial charge in [0.15, 0.2) is 0 Å². The average Bonchev–Trinajstić information content (AvgIpc) is 2.35. The lowest BCUT2D eigenvalue weighted by Gasteiger charge is -2.19. The van der Waals surface area contributed by atoms with Crippen LogP contribution in [0, 0.1) is 0 Å². The van der Waals surface area contributed by atoms with E-state index in [1.807, 2.05) is 37.0 Å². The Labute approximate surface area is 113 Å². The smallest absolute Gasteiger partial charge is 0.123 e. The molecule has 1 unspecified atom stereocenters. The van der Waals surface area contributed by atoms with Crippen molar-refractivity contribution in [3.05, 3.63) is 28.8 Å². The fourth-order valence-electron chi connectivity index (χ4n) is 1.65. The number of ether oxygens (including phenoxy) is 1. The van der Waals surface area contributed by atoms with Crippen LogP contribution < -0.4 is 10.1 Å². The highest BCUT2D eigenvalue weighted by Crippen LogP contribution is 2.30. The molecule has 17 heavy (non-hydrogen) atoms. The number of benzene rings is 1. The summed E-state index contributed by atoms with van der Waals surface area (Å²) in [5.41, 5.74) is 1.13. The molecule has 1 aromatic rings. The van der Waals surface area contributed by atoms with Crippen LogP contribution in [0.3, 0.4) is 0 Å². The predicted molar refractivity (Wildman–Crippen MR) is 77.4 cm³/mol. The molecule has 1 N–H and O–H groups in total. The second-order valence-corrected chi connectivity index (χ2v) is 5.39. The second kappa shape index (κ2) is 7.85. The summed E-state index contributed by atoms with van der Waals surface area (Å²) < 4.78 is 5.38. The van der Waals surface area contributed by atoms with E-state index in [-0.39, 0.29) is 6.04 Å². The van der Waals surface area contributed by atoms with Crippen molar-refractivity contribution in [2.75, 3.05) is 25.7 Å². The lowest BCUT2D eigenvalue weighted by Crippen LogP contribution is -2.19. The van der Waals surface area contributed by atoms with Gasteiger partial charge in [0.1, 0.15) is 5.75 Å². The van der Waals surface area contributed by atoms with E-state index in [4.69, 9.17) is 16.3 Å². The maximum atomic E-state index is 6.05. The summed E-state index contributed by atoms with van der Waals surface area (Å²) in [4.78, 5) is 0. The highest BCUT2D eigenvalue weighted by atomic mass is 35.5. The third-order valence-electron chi connectivity index (χ3n) is 2.55. The van der Waals surface area contributed by atoms with E-state index in [1.54, 1.807) is 7.11 Å². The van der Waals surface area contributed by atoms with Crippen LogP contribution in [-0.2, 0) is 0 Å². The summed E-state index contributed by atoms with van der Waals surface area (Å²) in [5.74, 6) is 3.10. The van der Waals surface area contributed by atoms with Gasteiger partial charge in [0.2, 0.25) is 0 Å². The summed E-state index contributed by atoms with van der Waals surface area (Å²) in [5, 5.41) is 4.07. The Morgan fingerprint density at radius 3 is 2.82 bits per heavy atom. The van der Waals surface area contributed by atoms with Gasteiger partial charge in [0.25, 0.3) is 0 Å². The first-order chi connectivity index (χ1) is 8.22. The van der Waals surface area contributed by atoms with Crippen molar-refractivity contribution in [1.82, 2.24) is 5.32 Å². The zero-order valence-electron chi connectivity index (χ0n) is 10.6. The van der Waals surface area contributed by atoms with Gasteiger partial charge in [-0.05, 0) is 37.4 Å². The second-order valence-electron chi connectivity index (χ2n) is 3.80. The van der Waals surface area contributed by atoms with Gasteiger partial charge in [-0.25, -0.2) is 0 Å². The van der Waals surface area contributed by atoms with E-state index in [0.29, 0.717) is 0 Å². The van der Waals surface area contributed by atoms with E-state index in [0.717, 1.165) is 22.1 Å². The van der Waals surface area contributed by atoms with Crippen molar-refractivity contribution in [3.8, 4) is 5.75 Å². The van der Waals surface area contributed by atoms with Crippen molar-refractivity contribution in [3.63, 3.8) is 0 Å². The molecular weight excluding hydrogens is 254 g/mol. The van der Waals surface area contributed by atoms with Crippen molar-refractivity contribution < 1.29 is 4.74 Å². The molecule has 4 heteroatoms. The average molecular weight is 274 g/mol. The monoisotopic (exact) mass is 273 g/mol. The molecule has 0 bridgehead atoms. The molecule has 0 aliphatic carbocycles. The number of thioether (sulfide) groups is 1. The topological polar surface area (TPSA) is 21.3 Å². The van der Waals surface area contributed by atoms with Crippen LogP contribution in [0.2, 0.25) is 5.02 Å². The first-order valence-corrected chi connectivity index (χ1v) is 7.34. The summed E-state index contributed by atoms with van der Waals surface area (Å²) in [6.07, 6.45) is 1.20. The molecule has 0 saturated heterocycles. The van der Waals surface area contributed by atoms with Crippen LogP contribution in [0.4, 0.5) is 0 Å². The molecule has 96 valence electrons. The standard InChI is InChI=1S/C13H20ClNOS/c1-4-7-17-9-12(15-2)11-8-10(14)5-6-13(11)16-3/h5-6,8,12,15H,4,7,9H2,1-3H3. The first-order valence-electron chi connectivity index (χ1n) is 5.81. The number of methoxy groups -OCH3 is 1. The van der Waals surface area contributed by atoms with Gasteiger partial charge in [-0.2, -0.15) is 11.8 Å². The van der Waals surface area contributed by atoms with Crippen LogP contribution in [-0.4, -0.2) is 25.7 Å². The van der Waals surface area contributed by atoms with Gasteiger partial charge >= 0.3 is 0 Å². The molecule has 0 spiro atoms. The molecule has 0 saturated carbocycles. The zero-order chi connectivity index (χ0) is 12.7. The fourth-order valence-corrected chi connectivity index (χ4v) is 2.87. The highest BCUT2D eigenvalue weighted by Gasteiger charge is 2.14. The Morgan fingerprint density at radius 2 is 2.24 bits per heavy atom. The quantitative estimate of drug-likeness (QED) is 0.765. The number of nitrogens with one attached hydrogen (secondary N) is 1. The lowest BCUT2D eigenvalue weighted by atomic mass is 10.1. The Balaban J connectivity index is 2.82. The highest BCUT2D eigenvalue weighted by molar-refractivity contribution is 7.99. The van der Waals surface area contributed by atoms with Crippen LogP contribution >= 0.6 is 23.4 Å². The van der Waals surface area contributed by atoms with Crippen LogP contribution in [0.5, 0.6) is 5.75 Å². The molecule has 0 fully saturated rings. The SMILES string of the molecule is CCCSCC(NC)c1cc(Cl)ccc1OC. The number of rotatable bonds is 7. The van der Waals surface area contributed by atoms with Crippen molar-refractivity contribution in [1.29, 1.82) is 0 Å². The molecule has 2 nitrogen and oxygen atoms in total. The normalized spacial score (nSPS) is 12.5. The molecule has 1 atom stereocenters. The van der Waals surface area contributed by atoms with E-state index < -0.39 is 0 Å². The van der Waals surface area contributed by atoms with Gasteiger partial charge in [0, 0.05) is 22.4 Å². The minimum atomic E-state index is 0.278. The number of hydrogen-bond donors (Lipinski definition) is 1. The Morgan fingerprint density at radius 1 is 1.47 bits per heavy atom. The number of halogens is 1.